The Balaban J connectivity index is 0.000000259. The van der Waals surface area contributed by atoms with Crippen LogP contribution in [0.5, 0.6) is 17.2 Å². The van der Waals surface area contributed by atoms with Gasteiger partial charge in [0.25, 0.3) is 10.1 Å². The van der Waals surface area contributed by atoms with E-state index in [9.17, 15) is 61.2 Å². The average Bonchev–Trinajstić information content (AvgIpc) is 1.58. The molecule has 640 valence electrons. The van der Waals surface area contributed by atoms with E-state index >= 15 is 0 Å². The number of methoxy groups -OCH3 is 6. The van der Waals surface area contributed by atoms with Crippen molar-refractivity contribution in [3.63, 3.8) is 0 Å². The third-order valence-electron chi connectivity index (χ3n) is 21.3. The van der Waals surface area contributed by atoms with E-state index < -0.39 is 128 Å². The molecule has 2 aliphatic heterocycles. The first-order chi connectivity index (χ1) is 55.3. The molecular weight excluding hydrogens is 1620 g/mol. The first-order valence-electron chi connectivity index (χ1n) is 37.7. The minimum absolute atomic E-state index is 0.000574. The van der Waals surface area contributed by atoms with Gasteiger partial charge in [-0.05, 0) is 111 Å². The van der Waals surface area contributed by atoms with Crippen molar-refractivity contribution in [2.45, 2.75) is 197 Å². The summed E-state index contributed by atoms with van der Waals surface area (Å²) >= 11 is 3.27. The Kier molecular flexibility index (Phi) is 32.2. The van der Waals surface area contributed by atoms with Crippen LogP contribution < -0.4 is 51.5 Å². The Bertz CT molecular complexity index is 4690. The Morgan fingerprint density at radius 3 is 1.45 bits per heavy atom. The number of aromatic amines is 1. The number of carbonyl (C=O) groups is 10. The lowest BCUT2D eigenvalue weighted by Gasteiger charge is -2.35. The number of pyridine rings is 2. The number of hydrogen-bond acceptors (Lipinski definition) is 22. The Labute approximate surface area is 683 Å². The molecule has 117 heavy (non-hydrogen) atoms. The van der Waals surface area contributed by atoms with E-state index in [4.69, 9.17) is 50.9 Å². The van der Waals surface area contributed by atoms with Crippen LogP contribution in [-0.2, 0) is 62.0 Å². The summed E-state index contributed by atoms with van der Waals surface area (Å²) in [5, 5.41) is 18.3. The van der Waals surface area contributed by atoms with E-state index in [1.165, 1.54) is 69.6 Å². The number of rotatable bonds is 23. The van der Waals surface area contributed by atoms with Gasteiger partial charge in [-0.3, -0.25) is 28.2 Å². The normalized spacial score (nSPS) is 21.8. The number of aromatic nitrogens is 2. The topological polar surface area (TPSA) is 403 Å². The highest BCUT2D eigenvalue weighted by atomic mass is 79.9. The molecule has 0 bridgehead atoms. The molecular formula is C80H103BrF4N10O21S. The van der Waals surface area contributed by atoms with Crippen molar-refractivity contribution in [3.8, 4) is 17.2 Å². The summed E-state index contributed by atoms with van der Waals surface area (Å²) in [7, 11) is 3.81. The number of nitrogens with one attached hydrogen (secondary N) is 7. The van der Waals surface area contributed by atoms with Crippen LogP contribution in [0.25, 0.3) is 21.8 Å². The van der Waals surface area contributed by atoms with Gasteiger partial charge in [0.05, 0.1) is 71.2 Å². The molecule has 11 rings (SSSR count). The second-order valence-electron chi connectivity index (χ2n) is 31.4. The Morgan fingerprint density at radius 2 is 1.03 bits per heavy atom. The summed E-state index contributed by atoms with van der Waals surface area (Å²) in [6, 6.07) is 10.3. The van der Waals surface area contributed by atoms with E-state index in [0.29, 0.717) is 49.9 Å². The molecule has 6 aliphatic rings. The number of hydrogen-bond donors (Lipinski definition) is 7. The quantitative estimate of drug-likeness (QED) is 0.0105. The molecule has 4 saturated carbocycles. The number of benzene rings is 3. The molecule has 4 aliphatic carbocycles. The van der Waals surface area contributed by atoms with Gasteiger partial charge in [0, 0.05) is 101 Å². The molecule has 3 aromatic carbocycles. The maximum atomic E-state index is 14.5. The molecule has 2 aromatic heterocycles. The summed E-state index contributed by atoms with van der Waals surface area (Å²) in [5.41, 5.74) is -1.61. The van der Waals surface area contributed by atoms with Gasteiger partial charge in [-0.25, -0.2) is 33.8 Å². The maximum Gasteiger partial charge on any atom is 0.356 e. The lowest BCUT2D eigenvalue weighted by atomic mass is 9.85. The molecule has 10 atom stereocenters. The predicted molar refractivity (Wildman–Crippen MR) is 424 cm³/mol. The summed E-state index contributed by atoms with van der Waals surface area (Å²) in [6.07, 6.45) is 9.35. The first-order valence-corrected chi connectivity index (χ1v) is 39.9. The van der Waals surface area contributed by atoms with Crippen LogP contribution in [-0.4, -0.2) is 203 Å². The molecule has 5 aromatic rings. The second kappa shape index (κ2) is 40.1. The number of amides is 8. The Hall–Kier alpha value is -10.4. The third kappa shape index (κ3) is 22.5. The summed E-state index contributed by atoms with van der Waals surface area (Å²) in [5.74, 6) is -3.97. The van der Waals surface area contributed by atoms with E-state index in [1.807, 2.05) is 40.7 Å². The van der Waals surface area contributed by atoms with Crippen LogP contribution in [0.15, 0.2) is 100 Å². The zero-order valence-corrected chi connectivity index (χ0v) is 70.1. The van der Waals surface area contributed by atoms with Gasteiger partial charge < -0.3 is 79.8 Å². The molecule has 37 heteroatoms. The van der Waals surface area contributed by atoms with Gasteiger partial charge >= 0.3 is 35.9 Å². The highest BCUT2D eigenvalue weighted by molar-refractivity contribution is 9.10. The molecule has 31 nitrogen and oxygen atoms in total. The lowest BCUT2D eigenvalue weighted by molar-refractivity contribution is -0.148. The number of carbonyl (C=O) groups excluding carboxylic acids is 10. The number of nitrogens with zero attached hydrogens (tertiary/aromatic N) is 3. The van der Waals surface area contributed by atoms with Crippen LogP contribution in [0.1, 0.15) is 151 Å². The number of likely N-dealkylation sites (tertiary alicyclic amines) is 2. The fraction of sp³-hybridized carbons (Fsp3) is 0.525. The molecule has 6 fully saturated rings. The molecule has 7 N–H and O–H groups in total. The van der Waals surface area contributed by atoms with Crippen molar-refractivity contribution in [2.75, 3.05) is 55.7 Å². The van der Waals surface area contributed by atoms with Crippen molar-refractivity contribution in [2.24, 2.45) is 22.7 Å². The van der Waals surface area contributed by atoms with Crippen molar-refractivity contribution >= 4 is 107 Å². The van der Waals surface area contributed by atoms with Crippen LogP contribution in [0, 0.1) is 36.5 Å². The zero-order valence-electron chi connectivity index (χ0n) is 67.7. The van der Waals surface area contributed by atoms with Crippen LogP contribution in [0.4, 0.5) is 27.9 Å². The van der Waals surface area contributed by atoms with Crippen LogP contribution >= 0.6 is 15.9 Å². The first kappa shape index (κ1) is 93.7. The lowest BCUT2D eigenvalue weighted by Crippen LogP contribution is -2.60. The van der Waals surface area contributed by atoms with Crippen molar-refractivity contribution in [1.29, 1.82) is 0 Å². The standard InChI is InChI=1S/C37H49N5O9.C30H41BrN4O8S.C13H13NO4.2F2/c1-9-21-18-37(21,34(46)50-8)41-31(43)27-15-23(19-42(27)32(44)30(36(3,4)5)40-35(47)38-22-12-10-11-13-22)51-29-17-26(33(45)49-7)39-25-16-28(48-6)20(2)14-24(25)29;1-6-18-16-30(18,27(38)42-5)34-25(36)23-15-21(43-44(40,41)22-13-11-19(31)12-14-22)17-35(23)26(37)24(29(2,3)4)33-28(39)32-20-9-7-8-10-20;1-7-4-8-9(6-12(7)17-2)14-10(5-11(8)15)13(16)18-3;2*1-2/h9,14,16-17,21-23,27,30H,1,10-13,15,18-19H2,2-8H3,(H,41,43)(H2,38,40,47);6,11-14,18,20-21,23-24H,1,7-10,15-17H2,2-5H3,(H,34,36)(H2,32,33,39);4-6H,1-3H3,(H,14,15);;/t21-,23-,27+,30-,37-;18-,21+,23+,24-,30-;;;/m11.../s1. The average molecular weight is 1730 g/mol. The number of halogens is 5. The van der Waals surface area contributed by atoms with Crippen molar-refractivity contribution in [3.05, 3.63) is 123 Å². The van der Waals surface area contributed by atoms with Gasteiger partial charge in [-0.1, -0.05) is 95.3 Å². The monoisotopic (exact) mass is 1730 g/mol. The van der Waals surface area contributed by atoms with Crippen LogP contribution in [0.3, 0.4) is 0 Å². The maximum absolute atomic E-state index is 14.5. The fourth-order valence-electron chi connectivity index (χ4n) is 14.9. The van der Waals surface area contributed by atoms with Gasteiger partial charge in [0.15, 0.2) is 11.1 Å². The summed E-state index contributed by atoms with van der Waals surface area (Å²) in [4.78, 5) is 154. The minimum Gasteiger partial charge on any atom is -0.496 e. The third-order valence-corrected chi connectivity index (χ3v) is 23.2. The largest absolute Gasteiger partial charge is 0.496 e. The van der Waals surface area contributed by atoms with Gasteiger partial charge in [0.2, 0.25) is 23.6 Å². The van der Waals surface area contributed by atoms with E-state index in [-0.39, 0.29) is 78.0 Å². The Morgan fingerprint density at radius 1 is 0.598 bits per heavy atom. The molecule has 0 radical (unpaired) electrons. The van der Waals surface area contributed by atoms with E-state index in [1.54, 1.807) is 70.4 Å². The zero-order chi connectivity index (χ0) is 87.0. The second-order valence-corrected chi connectivity index (χ2v) is 33.9. The van der Waals surface area contributed by atoms with Gasteiger partial charge in [-0.15, -0.1) is 13.2 Å². The molecule has 8 amide bonds. The number of H-pyrrole nitrogens is 1. The number of esters is 4. The van der Waals surface area contributed by atoms with Crippen LogP contribution in [0.2, 0.25) is 0 Å². The molecule has 0 unspecified atom stereocenters. The fourth-order valence-corrected chi connectivity index (χ4v) is 16.2. The number of ether oxygens (including phenoxy) is 7. The minimum atomic E-state index is -4.25. The SMILES string of the molecule is C=C[C@@H]1C[C@]1(NC(=O)[C@@H]1C[C@@H](Oc2cc(C(=O)OC)nc3cc(OC)c(C)cc23)CN1C(=O)[C@@H](NC(=O)NC1CCCC1)C(C)(C)C)C(=O)OC.C=C[C@@H]1C[C@]1(NC(=O)[C@@H]1C[C@H](OS(=O)(=O)c2ccc(Br)cc2)CN1C(=O)[C@@H](NC(=O)NC1CCCC1)C(C)(C)C)C(=O)OC.COC(=O)c1cc(=O)c2cc(C)c(OC)cc2[nH]1.FF.FF. The highest BCUT2D eigenvalue weighted by Crippen LogP contribution is 2.47. The molecule has 4 heterocycles. The van der Waals surface area contributed by atoms with Gasteiger partial charge in [-0.2, -0.15) is 8.42 Å². The summed E-state index contributed by atoms with van der Waals surface area (Å²) in [6.45, 7) is 21.8. The summed E-state index contributed by atoms with van der Waals surface area (Å²) < 4.78 is 101. The number of urea groups is 2. The molecule has 0 spiro atoms. The number of fused-ring (bicyclic) bond motifs is 2. The molecule has 2 saturated heterocycles. The van der Waals surface area contributed by atoms with Crippen molar-refractivity contribution < 1.29 is 112 Å². The smallest absolute Gasteiger partial charge is 0.356 e. The number of aryl methyl sites for hydroxylation is 2. The van der Waals surface area contributed by atoms with E-state index in [0.717, 1.165) is 62.5 Å². The predicted octanol–water partition coefficient (Wildman–Crippen LogP) is 9.90. The van der Waals surface area contributed by atoms with E-state index in [2.05, 4.69) is 75.7 Å². The van der Waals surface area contributed by atoms with Gasteiger partial charge in [0.1, 0.15) is 64.3 Å². The van der Waals surface area contributed by atoms with Crippen molar-refractivity contribution in [1.82, 2.24) is 51.7 Å². The highest BCUT2D eigenvalue weighted by Gasteiger charge is 2.63.